The summed E-state index contributed by atoms with van der Waals surface area (Å²) in [5.74, 6) is -0.323. The minimum Gasteiger partial charge on any atom is -0.490 e. The predicted molar refractivity (Wildman–Crippen MR) is 221 cm³/mol. The van der Waals surface area contributed by atoms with Crippen LogP contribution in [0.2, 0.25) is 0 Å². The molecule has 15 nitrogen and oxygen atoms in total. The fraction of sp³-hybridized carbons (Fsp3) is 0.419. The third-order valence-corrected chi connectivity index (χ3v) is 11.4. The number of fused-ring (bicyclic) bond motifs is 2. The normalized spacial score (nSPS) is 21.4. The lowest BCUT2D eigenvalue weighted by atomic mass is 9.91. The van der Waals surface area contributed by atoms with Crippen molar-refractivity contribution in [3.8, 4) is 11.5 Å². The van der Waals surface area contributed by atoms with Crippen LogP contribution in [0.4, 0.5) is 35.4 Å². The van der Waals surface area contributed by atoms with Crippen molar-refractivity contribution in [2.24, 2.45) is 0 Å². The summed E-state index contributed by atoms with van der Waals surface area (Å²) in [5.41, 5.74) is 3.28. The van der Waals surface area contributed by atoms with Gasteiger partial charge in [0.1, 0.15) is 12.2 Å². The maximum Gasteiger partial charge on any atom is 0.471 e. The number of hydrogen-bond acceptors (Lipinski definition) is 11. The Balaban J connectivity index is 1.08. The van der Waals surface area contributed by atoms with Gasteiger partial charge >= 0.3 is 18.1 Å². The van der Waals surface area contributed by atoms with E-state index in [2.05, 4.69) is 20.9 Å². The van der Waals surface area contributed by atoms with E-state index >= 15 is 0 Å². The van der Waals surface area contributed by atoms with Crippen molar-refractivity contribution in [1.82, 2.24) is 29.7 Å². The van der Waals surface area contributed by atoms with Crippen molar-refractivity contribution in [2.75, 3.05) is 54.9 Å². The number of carbonyl (C=O) groups is 2. The fourth-order valence-electron chi connectivity index (χ4n) is 8.46. The number of aromatic nitrogens is 4. The molecule has 8 rings (SSSR count). The van der Waals surface area contributed by atoms with Crippen LogP contribution in [0.1, 0.15) is 55.7 Å². The summed E-state index contributed by atoms with van der Waals surface area (Å²) in [7, 11) is 0. The molecule has 322 valence electrons. The Labute approximate surface area is 349 Å². The summed E-state index contributed by atoms with van der Waals surface area (Å²) in [6, 6.07) is 22.2. The van der Waals surface area contributed by atoms with Gasteiger partial charge < -0.3 is 50.0 Å². The highest BCUT2D eigenvalue weighted by atomic mass is 19.4. The Bertz CT molecular complexity index is 2280. The Morgan fingerprint density at radius 2 is 1.66 bits per heavy atom. The number of nitrogens with one attached hydrogen (secondary N) is 3. The number of anilines is 3. The fourth-order valence-corrected chi connectivity index (χ4v) is 8.46. The van der Waals surface area contributed by atoms with Crippen molar-refractivity contribution in [3.63, 3.8) is 0 Å². The van der Waals surface area contributed by atoms with Gasteiger partial charge in [0, 0.05) is 56.3 Å². The number of benzene rings is 3. The molecule has 1 saturated carbocycles. The Morgan fingerprint density at radius 3 is 2.34 bits per heavy atom. The summed E-state index contributed by atoms with van der Waals surface area (Å²) >= 11 is 0. The van der Waals surface area contributed by atoms with Crippen LogP contribution in [0, 0.1) is 0 Å². The average Bonchev–Trinajstić information content (AvgIpc) is 3.92. The van der Waals surface area contributed by atoms with E-state index < -0.39 is 42.4 Å². The lowest BCUT2D eigenvalue weighted by Gasteiger charge is -2.31. The lowest BCUT2D eigenvalue weighted by molar-refractivity contribution is -0.190. The third kappa shape index (κ3) is 9.00. The van der Waals surface area contributed by atoms with Crippen LogP contribution in [0.25, 0.3) is 11.2 Å². The molecule has 0 unspecified atom stereocenters. The summed E-state index contributed by atoms with van der Waals surface area (Å²) < 4.78 is 54.1. The molecule has 18 heteroatoms. The maximum absolute atomic E-state index is 13.7. The highest BCUT2D eigenvalue weighted by Gasteiger charge is 2.51. The number of aliphatic hydroxyl groups is 2. The molecule has 3 amide bonds. The molecule has 61 heavy (non-hydrogen) atoms. The van der Waals surface area contributed by atoms with Gasteiger partial charge in [0.15, 0.2) is 28.5 Å². The number of halogens is 3. The summed E-state index contributed by atoms with van der Waals surface area (Å²) in [6.45, 7) is 3.66. The van der Waals surface area contributed by atoms with Crippen LogP contribution in [-0.4, -0.2) is 116 Å². The zero-order valence-corrected chi connectivity index (χ0v) is 33.5. The predicted octanol–water partition coefficient (Wildman–Crippen LogP) is 5.47. The van der Waals surface area contributed by atoms with Gasteiger partial charge in [-0.15, -0.1) is 0 Å². The van der Waals surface area contributed by atoms with Gasteiger partial charge in [-0.1, -0.05) is 67.6 Å². The summed E-state index contributed by atoms with van der Waals surface area (Å²) in [6.07, 6.45) is -5.59. The van der Waals surface area contributed by atoms with E-state index in [1.54, 1.807) is 29.7 Å². The van der Waals surface area contributed by atoms with Crippen molar-refractivity contribution in [3.05, 3.63) is 96.3 Å². The van der Waals surface area contributed by atoms with E-state index in [4.69, 9.17) is 19.4 Å². The molecule has 5 aromatic rings. The van der Waals surface area contributed by atoms with E-state index in [9.17, 15) is 33.0 Å². The number of ether oxygens (including phenoxy) is 2. The molecule has 2 aromatic heterocycles. The molecule has 5 N–H and O–H groups in total. The zero-order chi connectivity index (χ0) is 42.7. The van der Waals surface area contributed by atoms with E-state index in [-0.39, 0.29) is 37.0 Å². The standard InChI is InChI=1S/C43H48F3N9O6/c1-2-17-54(40(58)43(44,45)46)31-22-32(37(57)36(31)56)55-25-48-35-38(47-23-30(26-10-5-3-6-11-26)27-12-7-4-8-13-27)51-41(52-39(35)55)53-18-16-29(24-53)50-42(59)49-28-14-15-33-34(21-28)61-20-9-19-60-33/h3-8,10-15,21,25,29-32,36-37,56-57H,2,9,16-20,22-24H2,1H3,(H,47,51,52)(H2,49,50,59)/t29-,31+,32-,36-,37+/m1/s1. The number of carbonyl (C=O) groups excluding carboxylic acids is 2. The molecule has 1 aliphatic carbocycles. The number of alkyl halides is 3. The summed E-state index contributed by atoms with van der Waals surface area (Å²) in [4.78, 5) is 42.7. The Hall–Kier alpha value is -6.14. The topological polar surface area (TPSA) is 179 Å². The second-order valence-corrected chi connectivity index (χ2v) is 15.5. The molecular weight excluding hydrogens is 796 g/mol. The van der Waals surface area contributed by atoms with E-state index in [0.29, 0.717) is 78.6 Å². The van der Waals surface area contributed by atoms with Gasteiger partial charge in [-0.05, 0) is 42.5 Å². The molecule has 1 saturated heterocycles. The van der Waals surface area contributed by atoms with Crippen LogP contribution in [0.3, 0.4) is 0 Å². The lowest BCUT2D eigenvalue weighted by Crippen LogP contribution is -2.51. The molecule has 2 fully saturated rings. The molecule has 0 radical (unpaired) electrons. The van der Waals surface area contributed by atoms with E-state index in [1.807, 2.05) is 65.6 Å². The highest BCUT2D eigenvalue weighted by molar-refractivity contribution is 5.90. The molecule has 3 aliphatic rings. The maximum atomic E-state index is 13.7. The van der Waals surface area contributed by atoms with Crippen LogP contribution in [-0.2, 0) is 4.79 Å². The third-order valence-electron chi connectivity index (χ3n) is 11.4. The number of hydrogen-bond donors (Lipinski definition) is 5. The van der Waals surface area contributed by atoms with Crippen LogP contribution in [0.5, 0.6) is 11.5 Å². The van der Waals surface area contributed by atoms with Crippen molar-refractivity contribution >= 4 is 40.6 Å². The van der Waals surface area contributed by atoms with Crippen LogP contribution < -0.4 is 30.3 Å². The zero-order valence-electron chi connectivity index (χ0n) is 33.5. The first-order valence-electron chi connectivity index (χ1n) is 20.5. The first-order valence-corrected chi connectivity index (χ1v) is 20.5. The second kappa shape index (κ2) is 17.8. The summed E-state index contributed by atoms with van der Waals surface area (Å²) in [5, 5.41) is 32.0. The van der Waals surface area contributed by atoms with Crippen LogP contribution >= 0.6 is 0 Å². The number of rotatable bonds is 12. The SMILES string of the molecule is CCCN(C(=O)C(F)(F)F)[C@H]1C[C@@H](n2cnc3c(NCC(c4ccccc4)c4ccccc4)nc(N4CC[C@@H](NC(=O)Nc5ccc6c(c5)OCCCO6)C4)nc32)[C@H](O)[C@@H]1O. The minimum absolute atomic E-state index is 0.0984. The van der Waals surface area contributed by atoms with E-state index in [1.165, 1.54) is 6.33 Å². The molecule has 0 bridgehead atoms. The number of amides is 3. The first kappa shape index (κ1) is 41.6. The van der Waals surface area contributed by atoms with Gasteiger partial charge in [-0.3, -0.25) is 4.79 Å². The van der Waals surface area contributed by atoms with E-state index in [0.717, 1.165) is 17.5 Å². The smallest absolute Gasteiger partial charge is 0.471 e. The quantitative estimate of drug-likeness (QED) is 0.108. The molecule has 2 aliphatic heterocycles. The molecule has 4 heterocycles. The molecular formula is C43H48F3N9O6. The monoisotopic (exact) mass is 843 g/mol. The largest absolute Gasteiger partial charge is 0.490 e. The van der Waals surface area contributed by atoms with Crippen molar-refractivity contribution in [1.29, 1.82) is 0 Å². The number of aliphatic hydroxyl groups excluding tert-OH is 2. The molecule has 0 spiro atoms. The number of urea groups is 1. The highest BCUT2D eigenvalue weighted by Crippen LogP contribution is 2.39. The van der Waals surface area contributed by atoms with Gasteiger partial charge in [0.2, 0.25) is 5.95 Å². The number of nitrogens with zero attached hydrogens (tertiary/aromatic N) is 6. The van der Waals surface area contributed by atoms with Gasteiger partial charge in [0.05, 0.1) is 31.6 Å². The minimum atomic E-state index is -5.16. The Kier molecular flexibility index (Phi) is 12.2. The first-order chi connectivity index (χ1) is 29.5. The second-order valence-electron chi connectivity index (χ2n) is 15.5. The van der Waals surface area contributed by atoms with Crippen molar-refractivity contribution < 1.29 is 42.4 Å². The Morgan fingerprint density at radius 1 is 0.951 bits per heavy atom. The van der Waals surface area contributed by atoms with Gasteiger partial charge in [-0.25, -0.2) is 9.78 Å². The molecule has 5 atom stereocenters. The average molecular weight is 844 g/mol. The molecule has 3 aromatic carbocycles. The number of imidazole rings is 1. The van der Waals surface area contributed by atoms with Gasteiger partial charge in [-0.2, -0.15) is 23.1 Å². The van der Waals surface area contributed by atoms with Gasteiger partial charge in [0.25, 0.3) is 0 Å². The van der Waals surface area contributed by atoms with Crippen molar-refractivity contribution in [2.45, 2.75) is 75.0 Å². The van der Waals surface area contributed by atoms with Crippen LogP contribution in [0.15, 0.2) is 85.2 Å².